The fourth-order valence-corrected chi connectivity index (χ4v) is 2.35. The SMILES string of the molecule is CCC(CNC(=O)C1CCCO1)c1ccccc1. The predicted octanol–water partition coefficient (Wildman–Crippen LogP) is 2.48. The topological polar surface area (TPSA) is 38.3 Å². The molecule has 2 unspecified atom stereocenters. The second-order valence-electron chi connectivity index (χ2n) is 4.76. The number of benzene rings is 1. The Morgan fingerprint density at radius 2 is 2.22 bits per heavy atom. The first kappa shape index (κ1) is 13.1. The molecule has 18 heavy (non-hydrogen) atoms. The van der Waals surface area contributed by atoms with Crippen LogP contribution in [0.2, 0.25) is 0 Å². The van der Waals surface area contributed by atoms with Gasteiger partial charge in [-0.25, -0.2) is 0 Å². The zero-order chi connectivity index (χ0) is 12.8. The highest BCUT2D eigenvalue weighted by atomic mass is 16.5. The van der Waals surface area contributed by atoms with Crippen LogP contribution in [-0.4, -0.2) is 25.2 Å². The molecule has 2 atom stereocenters. The molecule has 1 aromatic carbocycles. The lowest BCUT2D eigenvalue weighted by atomic mass is 9.96. The van der Waals surface area contributed by atoms with Crippen LogP contribution in [0.5, 0.6) is 0 Å². The maximum Gasteiger partial charge on any atom is 0.249 e. The molecule has 2 rings (SSSR count). The molecule has 1 aliphatic rings. The smallest absolute Gasteiger partial charge is 0.249 e. The van der Waals surface area contributed by atoms with Crippen molar-refractivity contribution in [1.29, 1.82) is 0 Å². The van der Waals surface area contributed by atoms with Gasteiger partial charge in [-0.15, -0.1) is 0 Å². The first-order chi connectivity index (χ1) is 8.81. The van der Waals surface area contributed by atoms with E-state index in [2.05, 4.69) is 24.4 Å². The van der Waals surface area contributed by atoms with Crippen molar-refractivity contribution in [2.75, 3.05) is 13.2 Å². The van der Waals surface area contributed by atoms with Gasteiger partial charge < -0.3 is 10.1 Å². The third-order valence-corrected chi connectivity index (χ3v) is 3.51. The van der Waals surface area contributed by atoms with Crippen LogP contribution < -0.4 is 5.32 Å². The number of rotatable bonds is 5. The molecule has 98 valence electrons. The van der Waals surface area contributed by atoms with E-state index in [4.69, 9.17) is 4.74 Å². The monoisotopic (exact) mass is 247 g/mol. The number of carbonyl (C=O) groups excluding carboxylic acids is 1. The van der Waals surface area contributed by atoms with E-state index in [0.717, 1.165) is 19.3 Å². The van der Waals surface area contributed by atoms with Gasteiger partial charge in [0.2, 0.25) is 5.91 Å². The summed E-state index contributed by atoms with van der Waals surface area (Å²) in [6, 6.07) is 10.3. The van der Waals surface area contributed by atoms with E-state index in [1.165, 1.54) is 5.56 Å². The Kier molecular flexibility index (Phi) is 4.76. The van der Waals surface area contributed by atoms with Crippen molar-refractivity contribution in [1.82, 2.24) is 5.32 Å². The molecule has 0 aliphatic carbocycles. The molecule has 3 nitrogen and oxygen atoms in total. The third-order valence-electron chi connectivity index (χ3n) is 3.51. The highest BCUT2D eigenvalue weighted by Crippen LogP contribution is 2.18. The van der Waals surface area contributed by atoms with Crippen LogP contribution in [0.25, 0.3) is 0 Å². The van der Waals surface area contributed by atoms with E-state index in [1.54, 1.807) is 0 Å². The average Bonchev–Trinajstić information content (AvgIpc) is 2.94. The van der Waals surface area contributed by atoms with E-state index in [1.807, 2.05) is 18.2 Å². The standard InChI is InChI=1S/C15H21NO2/c1-2-12(13-7-4-3-5-8-13)11-16-15(17)14-9-6-10-18-14/h3-5,7-8,12,14H,2,6,9-11H2,1H3,(H,16,17). The molecule has 0 radical (unpaired) electrons. The Hall–Kier alpha value is -1.35. The number of hydrogen-bond donors (Lipinski definition) is 1. The van der Waals surface area contributed by atoms with Gasteiger partial charge in [0.15, 0.2) is 0 Å². The van der Waals surface area contributed by atoms with Gasteiger partial charge in [-0.3, -0.25) is 4.79 Å². The van der Waals surface area contributed by atoms with Crippen LogP contribution in [-0.2, 0) is 9.53 Å². The minimum absolute atomic E-state index is 0.0434. The molecule has 0 aromatic heterocycles. The summed E-state index contributed by atoms with van der Waals surface area (Å²) in [6.07, 6.45) is 2.65. The number of carbonyl (C=O) groups is 1. The van der Waals surface area contributed by atoms with E-state index < -0.39 is 0 Å². The quantitative estimate of drug-likeness (QED) is 0.868. The normalized spacial score (nSPS) is 20.6. The van der Waals surface area contributed by atoms with Crippen molar-refractivity contribution in [2.24, 2.45) is 0 Å². The number of hydrogen-bond acceptors (Lipinski definition) is 2. The van der Waals surface area contributed by atoms with Gasteiger partial charge in [-0.2, -0.15) is 0 Å². The molecule has 1 fully saturated rings. The zero-order valence-electron chi connectivity index (χ0n) is 10.9. The molecule has 1 heterocycles. The van der Waals surface area contributed by atoms with Crippen molar-refractivity contribution >= 4 is 5.91 Å². The van der Waals surface area contributed by atoms with Crippen molar-refractivity contribution < 1.29 is 9.53 Å². The van der Waals surface area contributed by atoms with Gasteiger partial charge in [0.25, 0.3) is 0 Å². The van der Waals surface area contributed by atoms with Gasteiger partial charge in [0, 0.05) is 19.1 Å². The molecule has 0 bridgehead atoms. The van der Waals surface area contributed by atoms with Crippen molar-refractivity contribution in [3.63, 3.8) is 0 Å². The molecule has 0 saturated carbocycles. The Labute approximate surface area is 109 Å². The predicted molar refractivity (Wildman–Crippen MR) is 71.5 cm³/mol. The first-order valence-corrected chi connectivity index (χ1v) is 6.75. The molecule has 1 aromatic rings. The minimum Gasteiger partial charge on any atom is -0.368 e. The van der Waals surface area contributed by atoms with Gasteiger partial charge in [-0.05, 0) is 24.8 Å². The number of ether oxygens (including phenoxy) is 1. The molecule has 1 N–H and O–H groups in total. The lowest BCUT2D eigenvalue weighted by Gasteiger charge is -2.17. The van der Waals surface area contributed by atoms with Gasteiger partial charge in [0.05, 0.1) is 0 Å². The van der Waals surface area contributed by atoms with Crippen LogP contribution in [0, 0.1) is 0 Å². The summed E-state index contributed by atoms with van der Waals surface area (Å²) in [5, 5.41) is 3.01. The highest BCUT2D eigenvalue weighted by Gasteiger charge is 2.23. The largest absolute Gasteiger partial charge is 0.368 e. The van der Waals surface area contributed by atoms with E-state index >= 15 is 0 Å². The Balaban J connectivity index is 1.85. The molecule has 0 spiro atoms. The molecule has 1 aliphatic heterocycles. The fraction of sp³-hybridized carbons (Fsp3) is 0.533. The second-order valence-corrected chi connectivity index (χ2v) is 4.76. The first-order valence-electron chi connectivity index (χ1n) is 6.75. The zero-order valence-corrected chi connectivity index (χ0v) is 10.9. The molecular weight excluding hydrogens is 226 g/mol. The van der Waals surface area contributed by atoms with Crippen LogP contribution in [0.3, 0.4) is 0 Å². The van der Waals surface area contributed by atoms with E-state index in [0.29, 0.717) is 19.1 Å². The van der Waals surface area contributed by atoms with Crippen LogP contribution >= 0.6 is 0 Å². The Morgan fingerprint density at radius 3 is 2.83 bits per heavy atom. The molecule has 1 amide bonds. The summed E-state index contributed by atoms with van der Waals surface area (Å²) >= 11 is 0. The number of nitrogens with one attached hydrogen (secondary N) is 1. The summed E-state index contributed by atoms with van der Waals surface area (Å²) in [6.45, 7) is 3.56. The van der Waals surface area contributed by atoms with Crippen LogP contribution in [0.4, 0.5) is 0 Å². The maximum atomic E-state index is 11.9. The molecular formula is C15H21NO2. The van der Waals surface area contributed by atoms with Crippen molar-refractivity contribution in [3.8, 4) is 0 Å². The van der Waals surface area contributed by atoms with Gasteiger partial charge >= 0.3 is 0 Å². The van der Waals surface area contributed by atoms with E-state index in [-0.39, 0.29) is 12.0 Å². The maximum absolute atomic E-state index is 11.9. The van der Waals surface area contributed by atoms with Crippen molar-refractivity contribution in [3.05, 3.63) is 35.9 Å². The average molecular weight is 247 g/mol. The van der Waals surface area contributed by atoms with Crippen LogP contribution in [0.1, 0.15) is 37.7 Å². The third kappa shape index (κ3) is 3.33. The second kappa shape index (κ2) is 6.55. The van der Waals surface area contributed by atoms with Crippen LogP contribution in [0.15, 0.2) is 30.3 Å². The molecule has 3 heteroatoms. The summed E-state index contributed by atoms with van der Waals surface area (Å²) in [7, 11) is 0. The summed E-state index contributed by atoms with van der Waals surface area (Å²) in [5.41, 5.74) is 1.28. The Morgan fingerprint density at radius 1 is 1.44 bits per heavy atom. The fourth-order valence-electron chi connectivity index (χ4n) is 2.35. The molecule has 1 saturated heterocycles. The summed E-state index contributed by atoms with van der Waals surface area (Å²) in [4.78, 5) is 11.9. The van der Waals surface area contributed by atoms with Crippen molar-refractivity contribution in [2.45, 2.75) is 38.2 Å². The summed E-state index contributed by atoms with van der Waals surface area (Å²) in [5.74, 6) is 0.429. The van der Waals surface area contributed by atoms with Gasteiger partial charge in [0.1, 0.15) is 6.10 Å². The number of amides is 1. The highest BCUT2D eigenvalue weighted by molar-refractivity contribution is 5.81. The lowest BCUT2D eigenvalue weighted by molar-refractivity contribution is -0.130. The van der Waals surface area contributed by atoms with Gasteiger partial charge in [-0.1, -0.05) is 37.3 Å². The summed E-state index contributed by atoms with van der Waals surface area (Å²) < 4.78 is 5.37. The minimum atomic E-state index is -0.224. The Bertz CT molecular complexity index is 371. The van der Waals surface area contributed by atoms with E-state index in [9.17, 15) is 4.79 Å². The lowest BCUT2D eigenvalue weighted by Crippen LogP contribution is -2.36.